The molecule has 0 bridgehead atoms. The first kappa shape index (κ1) is 13.5. The number of ether oxygens (including phenoxy) is 2. The summed E-state index contributed by atoms with van der Waals surface area (Å²) in [6.07, 6.45) is 0.624. The number of aryl methyl sites for hydroxylation is 1. The van der Waals surface area contributed by atoms with E-state index < -0.39 is 11.2 Å². The third-order valence-electron chi connectivity index (χ3n) is 2.29. The third-order valence-corrected chi connectivity index (χ3v) is 2.48. The molecule has 0 heterocycles. The summed E-state index contributed by atoms with van der Waals surface area (Å²) < 4.78 is 9.76. The monoisotopic (exact) mass is 256 g/mol. The van der Waals surface area contributed by atoms with Gasteiger partial charge in [0.1, 0.15) is 5.75 Å². The van der Waals surface area contributed by atoms with Gasteiger partial charge in [0, 0.05) is 6.42 Å². The van der Waals surface area contributed by atoms with E-state index in [-0.39, 0.29) is 6.42 Å². The second kappa shape index (κ2) is 6.25. The van der Waals surface area contributed by atoms with Crippen LogP contribution >= 0.6 is 11.6 Å². The maximum atomic E-state index is 11.3. The van der Waals surface area contributed by atoms with Crippen LogP contribution in [-0.2, 0) is 16.0 Å². The smallest absolute Gasteiger partial charge is 0.337 e. The van der Waals surface area contributed by atoms with Crippen LogP contribution in [0.4, 0.5) is 0 Å². The molecule has 1 rings (SSSR count). The van der Waals surface area contributed by atoms with Crippen LogP contribution in [0.1, 0.15) is 22.3 Å². The predicted molar refractivity (Wildman–Crippen MR) is 63.5 cm³/mol. The Kier molecular flexibility index (Phi) is 4.97. The Hall–Kier alpha value is -1.55. The van der Waals surface area contributed by atoms with Gasteiger partial charge in [-0.1, -0.05) is 0 Å². The zero-order chi connectivity index (χ0) is 12.8. The highest BCUT2D eigenvalue weighted by molar-refractivity contribution is 6.63. The molecule has 0 aromatic heterocycles. The second-order valence-corrected chi connectivity index (χ2v) is 3.79. The largest absolute Gasteiger partial charge is 0.496 e. The molecule has 0 amide bonds. The Morgan fingerprint density at radius 3 is 2.53 bits per heavy atom. The summed E-state index contributed by atoms with van der Waals surface area (Å²) in [5, 5.41) is -0.421. The fraction of sp³-hybridized carbons (Fsp3) is 0.333. The molecule has 0 saturated carbocycles. The van der Waals surface area contributed by atoms with Gasteiger partial charge in [0.25, 0.3) is 0 Å². The van der Waals surface area contributed by atoms with Crippen LogP contribution in [-0.4, -0.2) is 25.4 Å². The van der Waals surface area contributed by atoms with Crippen molar-refractivity contribution in [3.63, 3.8) is 0 Å². The summed E-state index contributed by atoms with van der Waals surface area (Å²) >= 11 is 5.28. The minimum Gasteiger partial charge on any atom is -0.496 e. The highest BCUT2D eigenvalue weighted by Crippen LogP contribution is 2.22. The summed E-state index contributed by atoms with van der Waals surface area (Å²) in [4.78, 5) is 22.1. The fourth-order valence-corrected chi connectivity index (χ4v) is 1.55. The van der Waals surface area contributed by atoms with E-state index in [0.717, 1.165) is 5.56 Å². The molecule has 0 spiro atoms. The van der Waals surface area contributed by atoms with Gasteiger partial charge in [-0.05, 0) is 41.8 Å². The number of hydrogen-bond acceptors (Lipinski definition) is 4. The topological polar surface area (TPSA) is 52.6 Å². The number of methoxy groups -OCH3 is 2. The SMILES string of the molecule is COC(=O)c1ccc(OC)c(CCC(=O)Cl)c1. The van der Waals surface area contributed by atoms with Crippen LogP contribution in [0.15, 0.2) is 18.2 Å². The van der Waals surface area contributed by atoms with Crippen LogP contribution in [0.3, 0.4) is 0 Å². The zero-order valence-electron chi connectivity index (χ0n) is 9.66. The molecule has 92 valence electrons. The van der Waals surface area contributed by atoms with Crippen molar-refractivity contribution in [1.82, 2.24) is 0 Å². The van der Waals surface area contributed by atoms with Gasteiger partial charge in [0.15, 0.2) is 0 Å². The molecule has 0 aliphatic rings. The molecule has 4 nitrogen and oxygen atoms in total. The van der Waals surface area contributed by atoms with Gasteiger partial charge in [-0.25, -0.2) is 4.79 Å². The average Bonchev–Trinajstić information content (AvgIpc) is 2.34. The molecule has 1 aromatic carbocycles. The Labute approximate surface area is 104 Å². The number of benzene rings is 1. The molecular formula is C12H13ClO4. The second-order valence-electron chi connectivity index (χ2n) is 3.37. The van der Waals surface area contributed by atoms with Crippen LogP contribution in [0, 0.1) is 0 Å². The predicted octanol–water partition coefficient (Wildman–Crippen LogP) is 2.18. The first-order valence-corrected chi connectivity index (χ1v) is 5.40. The van der Waals surface area contributed by atoms with Crippen molar-refractivity contribution in [3.8, 4) is 5.75 Å². The van der Waals surface area contributed by atoms with Crippen molar-refractivity contribution >= 4 is 22.8 Å². The molecule has 0 saturated heterocycles. The number of rotatable bonds is 5. The lowest BCUT2D eigenvalue weighted by molar-refractivity contribution is -0.111. The molecule has 0 aliphatic heterocycles. The van der Waals surface area contributed by atoms with E-state index >= 15 is 0 Å². The van der Waals surface area contributed by atoms with Gasteiger partial charge in [-0.2, -0.15) is 0 Å². The van der Waals surface area contributed by atoms with Crippen molar-refractivity contribution in [1.29, 1.82) is 0 Å². The summed E-state index contributed by atoms with van der Waals surface area (Å²) in [6.45, 7) is 0. The quantitative estimate of drug-likeness (QED) is 0.599. The van der Waals surface area contributed by atoms with Crippen LogP contribution in [0.5, 0.6) is 5.75 Å². The van der Waals surface area contributed by atoms with E-state index in [1.807, 2.05) is 0 Å². The van der Waals surface area contributed by atoms with E-state index in [9.17, 15) is 9.59 Å². The minimum atomic E-state index is -0.425. The molecule has 17 heavy (non-hydrogen) atoms. The maximum absolute atomic E-state index is 11.3. The molecule has 1 aromatic rings. The molecule has 0 atom stereocenters. The Morgan fingerprint density at radius 1 is 1.29 bits per heavy atom. The number of hydrogen-bond donors (Lipinski definition) is 0. The zero-order valence-corrected chi connectivity index (χ0v) is 10.4. The molecule has 0 aliphatic carbocycles. The van der Waals surface area contributed by atoms with Gasteiger partial charge in [-0.15, -0.1) is 0 Å². The van der Waals surface area contributed by atoms with E-state index in [0.29, 0.717) is 17.7 Å². The van der Waals surface area contributed by atoms with Gasteiger partial charge in [-0.3, -0.25) is 4.79 Å². The van der Waals surface area contributed by atoms with Crippen LogP contribution < -0.4 is 4.74 Å². The lowest BCUT2D eigenvalue weighted by Crippen LogP contribution is -2.03. The number of carbonyl (C=O) groups excluding carboxylic acids is 2. The molecule has 0 radical (unpaired) electrons. The van der Waals surface area contributed by atoms with Gasteiger partial charge in [0.2, 0.25) is 5.24 Å². The summed E-state index contributed by atoms with van der Waals surface area (Å²) in [6, 6.07) is 4.92. The van der Waals surface area contributed by atoms with Gasteiger partial charge >= 0.3 is 5.97 Å². The van der Waals surface area contributed by atoms with Crippen molar-refractivity contribution in [3.05, 3.63) is 29.3 Å². The van der Waals surface area contributed by atoms with Crippen LogP contribution in [0.2, 0.25) is 0 Å². The highest BCUT2D eigenvalue weighted by atomic mass is 35.5. The summed E-state index contributed by atoms with van der Waals surface area (Å²) in [7, 11) is 2.84. The molecule has 5 heteroatoms. The number of carbonyl (C=O) groups is 2. The first-order valence-electron chi connectivity index (χ1n) is 5.02. The van der Waals surface area contributed by atoms with Crippen molar-refractivity contribution < 1.29 is 19.1 Å². The highest BCUT2D eigenvalue weighted by Gasteiger charge is 2.11. The minimum absolute atomic E-state index is 0.197. The fourth-order valence-electron chi connectivity index (χ4n) is 1.45. The third kappa shape index (κ3) is 3.75. The molecule has 0 fully saturated rings. The summed E-state index contributed by atoms with van der Waals surface area (Å²) in [5.74, 6) is 0.196. The molecule has 0 N–H and O–H groups in total. The van der Waals surface area contributed by atoms with Gasteiger partial charge < -0.3 is 9.47 Å². The lowest BCUT2D eigenvalue weighted by atomic mass is 10.1. The first-order chi connectivity index (χ1) is 8.08. The van der Waals surface area contributed by atoms with Crippen molar-refractivity contribution in [2.24, 2.45) is 0 Å². The molecular weight excluding hydrogens is 244 g/mol. The Morgan fingerprint density at radius 2 is 2.00 bits per heavy atom. The number of esters is 1. The van der Waals surface area contributed by atoms with Crippen molar-refractivity contribution in [2.75, 3.05) is 14.2 Å². The number of halogens is 1. The average molecular weight is 257 g/mol. The molecule has 0 unspecified atom stereocenters. The summed E-state index contributed by atoms with van der Waals surface area (Å²) in [5.41, 5.74) is 1.18. The van der Waals surface area contributed by atoms with E-state index in [1.165, 1.54) is 14.2 Å². The maximum Gasteiger partial charge on any atom is 0.337 e. The van der Waals surface area contributed by atoms with Crippen molar-refractivity contribution in [2.45, 2.75) is 12.8 Å². The Balaban J connectivity index is 2.97. The van der Waals surface area contributed by atoms with E-state index in [4.69, 9.17) is 16.3 Å². The standard InChI is InChI=1S/C12H13ClO4/c1-16-10-5-3-9(12(15)17-2)7-8(10)4-6-11(13)14/h3,5,7H,4,6H2,1-2H3. The Bertz CT molecular complexity index is 429. The van der Waals surface area contributed by atoms with Gasteiger partial charge in [0.05, 0.1) is 19.8 Å². The van der Waals surface area contributed by atoms with Crippen LogP contribution in [0.25, 0.3) is 0 Å². The lowest BCUT2D eigenvalue weighted by Gasteiger charge is -2.09. The van der Waals surface area contributed by atoms with E-state index in [2.05, 4.69) is 4.74 Å². The van der Waals surface area contributed by atoms with E-state index in [1.54, 1.807) is 18.2 Å². The normalized spacial score (nSPS) is 9.82.